The van der Waals surface area contributed by atoms with Crippen molar-refractivity contribution in [3.63, 3.8) is 0 Å². The summed E-state index contributed by atoms with van der Waals surface area (Å²) in [5.41, 5.74) is 1.77. The van der Waals surface area contributed by atoms with Gasteiger partial charge in [-0.3, -0.25) is 4.90 Å². The Morgan fingerprint density at radius 1 is 1.08 bits per heavy atom. The molecule has 2 nitrogen and oxygen atoms in total. The van der Waals surface area contributed by atoms with Crippen molar-refractivity contribution in [2.24, 2.45) is 17.8 Å². The van der Waals surface area contributed by atoms with Gasteiger partial charge in [0, 0.05) is 18.0 Å². The molecular weight excluding hydrogens is 294 g/mol. The van der Waals surface area contributed by atoms with E-state index in [1.165, 1.54) is 50.6 Å². The zero-order chi connectivity index (χ0) is 16.7. The second-order valence-electron chi connectivity index (χ2n) is 9.09. The number of ether oxygens (including phenoxy) is 1. The predicted molar refractivity (Wildman–Crippen MR) is 98.8 cm³/mol. The Kier molecular flexibility index (Phi) is 4.47. The molecule has 0 unspecified atom stereocenters. The Morgan fingerprint density at radius 3 is 2.67 bits per heavy atom. The summed E-state index contributed by atoms with van der Waals surface area (Å²) in [6, 6.07) is 11.0. The van der Waals surface area contributed by atoms with E-state index in [-0.39, 0.29) is 5.54 Å². The Morgan fingerprint density at radius 2 is 1.88 bits per heavy atom. The van der Waals surface area contributed by atoms with Crippen LogP contribution in [0.4, 0.5) is 0 Å². The van der Waals surface area contributed by atoms with Gasteiger partial charge in [-0.05, 0) is 63.4 Å². The minimum Gasteiger partial charge on any atom is -0.360 e. The highest BCUT2D eigenvalue weighted by Gasteiger charge is 2.51. The molecule has 2 heteroatoms. The highest BCUT2D eigenvalue weighted by Crippen LogP contribution is 2.47. The van der Waals surface area contributed by atoms with E-state index in [0.29, 0.717) is 18.2 Å². The first-order valence-electron chi connectivity index (χ1n) is 10.00. The molecule has 2 aliphatic heterocycles. The van der Waals surface area contributed by atoms with Crippen molar-refractivity contribution >= 4 is 0 Å². The first-order valence-corrected chi connectivity index (χ1v) is 10.00. The van der Waals surface area contributed by atoms with Crippen LogP contribution in [-0.4, -0.2) is 29.3 Å². The molecule has 3 fully saturated rings. The number of benzene rings is 1. The smallest absolute Gasteiger partial charge is 0.111 e. The van der Waals surface area contributed by atoms with E-state index in [0.717, 1.165) is 11.8 Å². The third-order valence-electron chi connectivity index (χ3n) is 7.03. The van der Waals surface area contributed by atoms with Crippen molar-refractivity contribution in [2.45, 2.75) is 77.2 Å². The summed E-state index contributed by atoms with van der Waals surface area (Å²) in [4.78, 5) is 2.72. The van der Waals surface area contributed by atoms with Crippen LogP contribution in [0.15, 0.2) is 30.3 Å². The van der Waals surface area contributed by atoms with Crippen molar-refractivity contribution in [1.82, 2.24) is 4.90 Å². The molecule has 0 amide bonds. The Bertz CT molecular complexity index is 554. The molecule has 1 saturated carbocycles. The maximum Gasteiger partial charge on any atom is 0.111 e. The van der Waals surface area contributed by atoms with E-state index in [1.807, 2.05) is 0 Å². The van der Waals surface area contributed by atoms with Crippen LogP contribution in [0.3, 0.4) is 0 Å². The lowest BCUT2D eigenvalue weighted by Crippen LogP contribution is -2.66. The second kappa shape index (κ2) is 6.46. The lowest BCUT2D eigenvalue weighted by Gasteiger charge is -2.59. The molecule has 1 aliphatic carbocycles. The van der Waals surface area contributed by atoms with Gasteiger partial charge in [0.05, 0.1) is 6.10 Å². The molecule has 4 rings (SSSR count). The van der Waals surface area contributed by atoms with E-state index < -0.39 is 0 Å². The van der Waals surface area contributed by atoms with E-state index in [4.69, 9.17) is 4.74 Å². The number of hydrogen-bond acceptors (Lipinski definition) is 2. The van der Waals surface area contributed by atoms with Gasteiger partial charge in [0.15, 0.2) is 0 Å². The molecule has 0 spiro atoms. The standard InChI is InChI=1S/C22H33NO/c1-16-9-11-19-20(13-16)24-21-12-10-18(15-23(21)22(19,2)3)14-17-7-5-4-6-8-17/h4-8,16,18-21H,9-15H2,1-3H3/t16-,18+,19-,20-,21+/m1/s1. The minimum absolute atomic E-state index is 0.281. The molecule has 0 bridgehead atoms. The second-order valence-corrected chi connectivity index (χ2v) is 9.09. The lowest BCUT2D eigenvalue weighted by atomic mass is 9.68. The van der Waals surface area contributed by atoms with Crippen LogP contribution in [0, 0.1) is 17.8 Å². The normalized spacial score (nSPS) is 39.0. The van der Waals surface area contributed by atoms with Gasteiger partial charge in [-0.1, -0.05) is 43.7 Å². The first kappa shape index (κ1) is 16.6. The zero-order valence-electron chi connectivity index (χ0n) is 15.6. The molecule has 0 N–H and O–H groups in total. The molecule has 2 saturated heterocycles. The number of rotatable bonds is 2. The van der Waals surface area contributed by atoms with Crippen molar-refractivity contribution < 1.29 is 4.74 Å². The summed E-state index contributed by atoms with van der Waals surface area (Å²) in [7, 11) is 0. The van der Waals surface area contributed by atoms with Crippen molar-refractivity contribution in [2.75, 3.05) is 6.54 Å². The van der Waals surface area contributed by atoms with Crippen LogP contribution in [0.2, 0.25) is 0 Å². The third-order valence-corrected chi connectivity index (χ3v) is 7.03. The molecule has 0 radical (unpaired) electrons. The maximum absolute atomic E-state index is 6.62. The fourth-order valence-corrected chi connectivity index (χ4v) is 5.59. The van der Waals surface area contributed by atoms with Gasteiger partial charge >= 0.3 is 0 Å². The average Bonchev–Trinajstić information content (AvgIpc) is 2.56. The van der Waals surface area contributed by atoms with Gasteiger partial charge in [0.25, 0.3) is 0 Å². The lowest BCUT2D eigenvalue weighted by molar-refractivity contribution is -0.248. The van der Waals surface area contributed by atoms with Crippen LogP contribution in [-0.2, 0) is 11.2 Å². The van der Waals surface area contributed by atoms with Gasteiger partial charge in [0.1, 0.15) is 6.23 Å². The number of hydrogen-bond donors (Lipinski definition) is 0. The maximum atomic E-state index is 6.62. The summed E-state index contributed by atoms with van der Waals surface area (Å²) in [5, 5.41) is 0. The van der Waals surface area contributed by atoms with Gasteiger partial charge in [-0.15, -0.1) is 0 Å². The highest BCUT2D eigenvalue weighted by molar-refractivity contribution is 5.15. The third kappa shape index (κ3) is 3.04. The monoisotopic (exact) mass is 327 g/mol. The molecule has 24 heavy (non-hydrogen) atoms. The molecule has 3 aliphatic rings. The van der Waals surface area contributed by atoms with Crippen LogP contribution in [0.25, 0.3) is 0 Å². The minimum atomic E-state index is 0.281. The highest BCUT2D eigenvalue weighted by atomic mass is 16.5. The molecule has 0 aromatic heterocycles. The number of nitrogens with zero attached hydrogens (tertiary/aromatic N) is 1. The van der Waals surface area contributed by atoms with E-state index in [2.05, 4.69) is 56.0 Å². The molecule has 1 aromatic carbocycles. The molecule has 2 heterocycles. The quantitative estimate of drug-likeness (QED) is 0.767. The molecule has 5 atom stereocenters. The van der Waals surface area contributed by atoms with Crippen molar-refractivity contribution in [3.05, 3.63) is 35.9 Å². The Hall–Kier alpha value is -0.860. The van der Waals surface area contributed by atoms with Gasteiger partial charge in [-0.2, -0.15) is 0 Å². The van der Waals surface area contributed by atoms with Crippen LogP contribution in [0.1, 0.15) is 58.4 Å². The number of fused-ring (bicyclic) bond motifs is 2. The molecule has 132 valence electrons. The summed E-state index contributed by atoms with van der Waals surface area (Å²) in [6.45, 7) is 8.57. The molecular formula is C22H33NO. The van der Waals surface area contributed by atoms with Crippen LogP contribution >= 0.6 is 0 Å². The summed E-state index contributed by atoms with van der Waals surface area (Å²) >= 11 is 0. The fourth-order valence-electron chi connectivity index (χ4n) is 5.59. The van der Waals surface area contributed by atoms with Crippen molar-refractivity contribution in [1.29, 1.82) is 0 Å². The predicted octanol–water partition coefficient (Wildman–Crippen LogP) is 4.88. The van der Waals surface area contributed by atoms with E-state index in [9.17, 15) is 0 Å². The largest absolute Gasteiger partial charge is 0.360 e. The number of piperidine rings is 1. The van der Waals surface area contributed by atoms with E-state index >= 15 is 0 Å². The summed E-state index contributed by atoms with van der Waals surface area (Å²) in [5.74, 6) is 2.31. The topological polar surface area (TPSA) is 12.5 Å². The van der Waals surface area contributed by atoms with Gasteiger partial charge in [-0.25, -0.2) is 0 Å². The fraction of sp³-hybridized carbons (Fsp3) is 0.727. The SMILES string of the molecule is C[C@@H]1CC[C@@H]2[C@@H](C1)O[C@H]1CC[C@@H](Cc3ccccc3)CN1C2(C)C. The molecule has 1 aromatic rings. The van der Waals surface area contributed by atoms with Crippen LogP contribution in [0.5, 0.6) is 0 Å². The first-order chi connectivity index (χ1) is 11.5. The summed E-state index contributed by atoms with van der Waals surface area (Å²) in [6.07, 6.45) is 8.56. The Balaban J connectivity index is 1.48. The van der Waals surface area contributed by atoms with Crippen LogP contribution < -0.4 is 0 Å². The van der Waals surface area contributed by atoms with Crippen molar-refractivity contribution in [3.8, 4) is 0 Å². The Labute approximate surface area is 147 Å². The summed E-state index contributed by atoms with van der Waals surface area (Å²) < 4.78 is 6.62. The average molecular weight is 328 g/mol. The van der Waals surface area contributed by atoms with Gasteiger partial charge < -0.3 is 4.74 Å². The van der Waals surface area contributed by atoms with Gasteiger partial charge in [0.2, 0.25) is 0 Å². The zero-order valence-corrected chi connectivity index (χ0v) is 15.6. The van der Waals surface area contributed by atoms with E-state index in [1.54, 1.807) is 0 Å².